The average Bonchev–Trinajstić information content (AvgIpc) is 3.23. The number of sulfone groups is 1. The van der Waals surface area contributed by atoms with Crippen molar-refractivity contribution in [2.45, 2.75) is 26.7 Å². The lowest BCUT2D eigenvalue weighted by Gasteiger charge is -2.29. The summed E-state index contributed by atoms with van der Waals surface area (Å²) in [7, 11) is -3.10. The van der Waals surface area contributed by atoms with E-state index in [0.29, 0.717) is 16.5 Å². The van der Waals surface area contributed by atoms with E-state index in [1.54, 1.807) is 12.1 Å². The third-order valence-corrected chi connectivity index (χ3v) is 8.37. The predicted octanol–water partition coefficient (Wildman–Crippen LogP) is 3.81. The molecule has 2 amide bonds. The molecular formula is C25H28N4O4S2. The second-order valence-electron chi connectivity index (χ2n) is 8.89. The van der Waals surface area contributed by atoms with Crippen LogP contribution in [0.25, 0.3) is 11.3 Å². The Morgan fingerprint density at radius 3 is 2.29 bits per heavy atom. The van der Waals surface area contributed by atoms with Crippen LogP contribution in [0.15, 0.2) is 47.8 Å². The molecule has 35 heavy (non-hydrogen) atoms. The molecule has 1 aliphatic rings. The summed E-state index contributed by atoms with van der Waals surface area (Å²) in [6, 6.07) is 13.0. The van der Waals surface area contributed by atoms with Crippen LogP contribution in [-0.2, 0) is 19.4 Å². The number of benzene rings is 2. The minimum Gasteiger partial charge on any atom is -0.375 e. The molecule has 184 valence electrons. The lowest BCUT2D eigenvalue weighted by molar-refractivity contribution is -0.124. The van der Waals surface area contributed by atoms with E-state index in [1.165, 1.54) is 16.2 Å². The SMILES string of the molecule is Cc1cc(C)cc(N(CC(=O)Nc2ccc(-c3csc(N)n3)cc2)C(=O)C2CCS(=O)(=O)CC2)c1. The molecule has 1 aliphatic heterocycles. The van der Waals surface area contributed by atoms with Crippen molar-refractivity contribution < 1.29 is 18.0 Å². The normalized spacial score (nSPS) is 15.5. The van der Waals surface area contributed by atoms with Crippen molar-refractivity contribution in [1.82, 2.24) is 4.98 Å². The molecule has 2 aromatic carbocycles. The van der Waals surface area contributed by atoms with E-state index in [4.69, 9.17) is 5.73 Å². The number of nitrogens with one attached hydrogen (secondary N) is 1. The van der Waals surface area contributed by atoms with Crippen LogP contribution in [0.1, 0.15) is 24.0 Å². The maximum atomic E-state index is 13.5. The van der Waals surface area contributed by atoms with Crippen molar-refractivity contribution in [2.24, 2.45) is 5.92 Å². The first-order valence-corrected chi connectivity index (χ1v) is 14.0. The molecule has 0 aliphatic carbocycles. The number of hydrogen-bond acceptors (Lipinski definition) is 7. The van der Waals surface area contributed by atoms with Crippen LogP contribution >= 0.6 is 11.3 Å². The van der Waals surface area contributed by atoms with Crippen molar-refractivity contribution >= 4 is 49.5 Å². The van der Waals surface area contributed by atoms with Crippen LogP contribution in [0.3, 0.4) is 0 Å². The van der Waals surface area contributed by atoms with Crippen molar-refractivity contribution in [3.63, 3.8) is 0 Å². The van der Waals surface area contributed by atoms with Crippen molar-refractivity contribution in [3.05, 3.63) is 59.0 Å². The van der Waals surface area contributed by atoms with Gasteiger partial charge in [-0.3, -0.25) is 9.59 Å². The average molecular weight is 513 g/mol. The third-order valence-electron chi connectivity index (χ3n) is 5.98. The van der Waals surface area contributed by atoms with Gasteiger partial charge in [0.25, 0.3) is 0 Å². The lowest BCUT2D eigenvalue weighted by Crippen LogP contribution is -2.43. The quantitative estimate of drug-likeness (QED) is 0.518. The molecule has 0 saturated carbocycles. The Bertz CT molecular complexity index is 1320. The number of nitrogens with zero attached hydrogens (tertiary/aromatic N) is 2. The van der Waals surface area contributed by atoms with Gasteiger partial charge in [0.05, 0.1) is 17.2 Å². The number of carbonyl (C=O) groups excluding carboxylic acids is 2. The van der Waals surface area contributed by atoms with E-state index in [0.717, 1.165) is 22.4 Å². The van der Waals surface area contributed by atoms with Crippen molar-refractivity contribution in [1.29, 1.82) is 0 Å². The minimum atomic E-state index is -3.10. The van der Waals surface area contributed by atoms with E-state index < -0.39 is 15.8 Å². The van der Waals surface area contributed by atoms with Gasteiger partial charge in [0.2, 0.25) is 11.8 Å². The number of thiazole rings is 1. The highest BCUT2D eigenvalue weighted by atomic mass is 32.2. The summed E-state index contributed by atoms with van der Waals surface area (Å²) in [4.78, 5) is 32.2. The maximum absolute atomic E-state index is 13.5. The predicted molar refractivity (Wildman–Crippen MR) is 140 cm³/mol. The molecule has 0 atom stereocenters. The molecule has 3 N–H and O–H groups in total. The number of carbonyl (C=O) groups is 2. The van der Waals surface area contributed by atoms with E-state index in [-0.39, 0.29) is 42.7 Å². The Morgan fingerprint density at radius 1 is 1.09 bits per heavy atom. The van der Waals surface area contributed by atoms with Gasteiger partial charge in [-0.2, -0.15) is 0 Å². The van der Waals surface area contributed by atoms with E-state index >= 15 is 0 Å². The van der Waals surface area contributed by atoms with Gasteiger partial charge in [0, 0.05) is 28.2 Å². The summed E-state index contributed by atoms with van der Waals surface area (Å²) in [6.07, 6.45) is 0.541. The fourth-order valence-electron chi connectivity index (χ4n) is 4.25. The van der Waals surface area contributed by atoms with Crippen LogP contribution in [-0.4, -0.2) is 43.3 Å². The van der Waals surface area contributed by atoms with Gasteiger partial charge < -0.3 is 16.0 Å². The topological polar surface area (TPSA) is 122 Å². The molecule has 0 unspecified atom stereocenters. The van der Waals surface area contributed by atoms with Crippen LogP contribution < -0.4 is 16.0 Å². The van der Waals surface area contributed by atoms with Crippen molar-refractivity contribution in [2.75, 3.05) is 34.0 Å². The highest BCUT2D eigenvalue weighted by Crippen LogP contribution is 2.27. The molecule has 1 saturated heterocycles. The van der Waals surface area contributed by atoms with Gasteiger partial charge in [-0.25, -0.2) is 13.4 Å². The number of aromatic nitrogens is 1. The Balaban J connectivity index is 1.51. The molecule has 8 nitrogen and oxygen atoms in total. The fourth-order valence-corrected chi connectivity index (χ4v) is 6.31. The molecular weight excluding hydrogens is 484 g/mol. The zero-order chi connectivity index (χ0) is 25.2. The summed E-state index contributed by atoms with van der Waals surface area (Å²) in [5, 5.41) is 5.21. The van der Waals surface area contributed by atoms with Gasteiger partial charge in [0.15, 0.2) is 5.13 Å². The van der Waals surface area contributed by atoms with Crippen molar-refractivity contribution in [3.8, 4) is 11.3 Å². The van der Waals surface area contributed by atoms with Gasteiger partial charge in [-0.15, -0.1) is 11.3 Å². The molecule has 0 spiro atoms. The number of hydrogen-bond donors (Lipinski definition) is 2. The van der Waals surface area contributed by atoms with Gasteiger partial charge in [0.1, 0.15) is 16.4 Å². The monoisotopic (exact) mass is 512 g/mol. The second-order valence-corrected chi connectivity index (χ2v) is 12.1. The third kappa shape index (κ3) is 6.26. The van der Waals surface area contributed by atoms with Crippen LogP contribution in [0.5, 0.6) is 0 Å². The second kappa shape index (κ2) is 10.2. The number of nitrogen functional groups attached to an aromatic ring is 1. The zero-order valence-electron chi connectivity index (χ0n) is 19.7. The molecule has 3 aromatic rings. The zero-order valence-corrected chi connectivity index (χ0v) is 21.3. The molecule has 4 rings (SSSR count). The largest absolute Gasteiger partial charge is 0.375 e. The Hall–Kier alpha value is -3.24. The van der Waals surface area contributed by atoms with Crippen LogP contribution in [0.4, 0.5) is 16.5 Å². The van der Waals surface area contributed by atoms with Gasteiger partial charge in [-0.05, 0) is 62.1 Å². The molecule has 0 bridgehead atoms. The smallest absolute Gasteiger partial charge is 0.244 e. The maximum Gasteiger partial charge on any atom is 0.244 e. The number of aryl methyl sites for hydroxylation is 2. The summed E-state index contributed by atoms with van der Waals surface area (Å²) >= 11 is 1.36. The summed E-state index contributed by atoms with van der Waals surface area (Å²) in [6.45, 7) is 3.70. The molecule has 1 fully saturated rings. The Morgan fingerprint density at radius 2 is 1.71 bits per heavy atom. The summed E-state index contributed by atoms with van der Waals surface area (Å²) in [5.41, 5.74) is 10.5. The first-order valence-electron chi connectivity index (χ1n) is 11.3. The van der Waals surface area contributed by atoms with E-state index in [2.05, 4.69) is 10.3 Å². The number of rotatable bonds is 6. The number of nitrogens with two attached hydrogens (primary N) is 1. The van der Waals surface area contributed by atoms with Gasteiger partial charge >= 0.3 is 0 Å². The summed E-state index contributed by atoms with van der Waals surface area (Å²) < 4.78 is 23.7. The number of anilines is 3. The first kappa shape index (κ1) is 24.9. The lowest BCUT2D eigenvalue weighted by atomic mass is 10.00. The highest BCUT2D eigenvalue weighted by molar-refractivity contribution is 7.91. The highest BCUT2D eigenvalue weighted by Gasteiger charge is 2.33. The first-order chi connectivity index (χ1) is 16.6. The van der Waals surface area contributed by atoms with Gasteiger partial charge in [-0.1, -0.05) is 18.2 Å². The van der Waals surface area contributed by atoms with E-state index in [9.17, 15) is 18.0 Å². The van der Waals surface area contributed by atoms with Crippen LogP contribution in [0.2, 0.25) is 0 Å². The molecule has 2 heterocycles. The summed E-state index contributed by atoms with van der Waals surface area (Å²) in [5.74, 6) is -1.01. The Labute approximate surface area is 209 Å². The van der Waals surface area contributed by atoms with E-state index in [1.807, 2.05) is 49.6 Å². The van der Waals surface area contributed by atoms with Crippen LogP contribution in [0, 0.1) is 19.8 Å². The molecule has 10 heteroatoms. The number of amides is 2. The standard InChI is InChI=1S/C25H28N4O4S2/c1-16-11-17(2)13-21(12-16)29(24(31)19-7-9-35(32,33)10-8-19)14-23(30)27-20-5-3-18(4-6-20)22-15-34-25(26)28-22/h3-6,11-13,15,19H,7-10,14H2,1-2H3,(H2,26,28)(H,27,30). The fraction of sp³-hybridized carbons (Fsp3) is 0.320. The molecule has 0 radical (unpaired) electrons. The Kier molecular flexibility index (Phi) is 7.23. The minimum absolute atomic E-state index is 0.00667. The molecule has 1 aromatic heterocycles.